The fraction of sp³-hybridized carbons (Fsp3) is 0.235. The van der Waals surface area contributed by atoms with Crippen molar-refractivity contribution in [3.8, 4) is 11.5 Å². The minimum Gasteiger partial charge on any atom is -0.494 e. The molecule has 0 saturated carbocycles. The van der Waals surface area contributed by atoms with Crippen LogP contribution < -0.4 is 14.8 Å². The Morgan fingerprint density at radius 1 is 1.04 bits per heavy atom. The van der Waals surface area contributed by atoms with E-state index in [1.165, 1.54) is 6.07 Å². The summed E-state index contributed by atoms with van der Waals surface area (Å²) in [5, 5.41) is 2.57. The topological polar surface area (TPSA) is 47.6 Å². The Bertz CT molecular complexity index is 677. The minimum absolute atomic E-state index is 0.0576. The molecule has 0 aliphatic rings. The maximum absolute atomic E-state index is 13.1. The van der Waals surface area contributed by atoms with Crippen LogP contribution >= 0.6 is 0 Å². The van der Waals surface area contributed by atoms with Crippen molar-refractivity contribution in [1.29, 1.82) is 0 Å². The second kappa shape index (κ2) is 8.12. The Hall–Kier alpha value is -2.63. The molecule has 4 nitrogen and oxygen atoms in total. The lowest BCUT2D eigenvalue weighted by Gasteiger charge is -2.09. The van der Waals surface area contributed by atoms with Gasteiger partial charge in [-0.25, -0.2) is 8.78 Å². The van der Waals surface area contributed by atoms with Gasteiger partial charge in [0.1, 0.15) is 18.1 Å². The van der Waals surface area contributed by atoms with E-state index < -0.39 is 17.5 Å². The van der Waals surface area contributed by atoms with Crippen molar-refractivity contribution in [1.82, 2.24) is 5.32 Å². The molecule has 0 saturated heterocycles. The van der Waals surface area contributed by atoms with Crippen molar-refractivity contribution >= 4 is 5.91 Å². The molecule has 0 unspecified atom stereocenters. The van der Waals surface area contributed by atoms with Gasteiger partial charge in [0, 0.05) is 11.6 Å². The van der Waals surface area contributed by atoms with Crippen LogP contribution in [-0.2, 0) is 0 Å². The normalized spacial score (nSPS) is 10.2. The van der Waals surface area contributed by atoms with Gasteiger partial charge in [-0.15, -0.1) is 0 Å². The SMILES string of the molecule is CCOc1cccc(OCCNC(=O)c2ccc(F)c(F)c2)c1. The van der Waals surface area contributed by atoms with E-state index in [0.717, 1.165) is 12.1 Å². The zero-order valence-electron chi connectivity index (χ0n) is 12.6. The summed E-state index contributed by atoms with van der Waals surface area (Å²) in [6, 6.07) is 10.2. The summed E-state index contributed by atoms with van der Waals surface area (Å²) >= 11 is 0. The van der Waals surface area contributed by atoms with Crippen molar-refractivity contribution in [3.63, 3.8) is 0 Å². The number of benzene rings is 2. The van der Waals surface area contributed by atoms with E-state index in [4.69, 9.17) is 9.47 Å². The van der Waals surface area contributed by atoms with Crippen LogP contribution in [0.5, 0.6) is 11.5 Å². The molecule has 2 aromatic carbocycles. The van der Waals surface area contributed by atoms with Gasteiger partial charge in [0.15, 0.2) is 11.6 Å². The molecule has 2 rings (SSSR count). The van der Waals surface area contributed by atoms with Crippen molar-refractivity contribution in [2.45, 2.75) is 6.92 Å². The number of carbonyl (C=O) groups is 1. The summed E-state index contributed by atoms with van der Waals surface area (Å²) in [4.78, 5) is 11.8. The van der Waals surface area contributed by atoms with Gasteiger partial charge in [-0.1, -0.05) is 6.07 Å². The van der Waals surface area contributed by atoms with Crippen LogP contribution in [0.3, 0.4) is 0 Å². The van der Waals surface area contributed by atoms with E-state index in [-0.39, 0.29) is 18.7 Å². The van der Waals surface area contributed by atoms with Gasteiger partial charge in [-0.3, -0.25) is 4.79 Å². The van der Waals surface area contributed by atoms with Crippen LogP contribution in [0.25, 0.3) is 0 Å². The third kappa shape index (κ3) is 4.95. The number of hydrogen-bond donors (Lipinski definition) is 1. The van der Waals surface area contributed by atoms with Gasteiger partial charge in [0.05, 0.1) is 13.2 Å². The van der Waals surface area contributed by atoms with Gasteiger partial charge < -0.3 is 14.8 Å². The molecular formula is C17H17F2NO3. The first-order chi connectivity index (χ1) is 11.1. The molecule has 0 atom stereocenters. The summed E-state index contributed by atoms with van der Waals surface area (Å²) in [7, 11) is 0. The molecule has 0 aliphatic heterocycles. The van der Waals surface area contributed by atoms with Crippen LogP contribution in [0.4, 0.5) is 8.78 Å². The molecule has 2 aromatic rings. The van der Waals surface area contributed by atoms with Crippen molar-refractivity contribution < 1.29 is 23.0 Å². The largest absolute Gasteiger partial charge is 0.494 e. The average molecular weight is 321 g/mol. The monoisotopic (exact) mass is 321 g/mol. The number of hydrogen-bond acceptors (Lipinski definition) is 3. The van der Waals surface area contributed by atoms with Crippen molar-refractivity contribution in [2.75, 3.05) is 19.8 Å². The summed E-state index contributed by atoms with van der Waals surface area (Å²) < 4.78 is 36.7. The van der Waals surface area contributed by atoms with E-state index in [1.54, 1.807) is 18.2 Å². The van der Waals surface area contributed by atoms with E-state index in [0.29, 0.717) is 18.1 Å². The fourth-order valence-corrected chi connectivity index (χ4v) is 1.89. The van der Waals surface area contributed by atoms with E-state index in [1.807, 2.05) is 13.0 Å². The second-order valence-corrected chi connectivity index (χ2v) is 4.64. The van der Waals surface area contributed by atoms with Gasteiger partial charge in [-0.05, 0) is 37.3 Å². The predicted octanol–water partition coefficient (Wildman–Crippen LogP) is 3.17. The fourth-order valence-electron chi connectivity index (χ4n) is 1.89. The molecule has 23 heavy (non-hydrogen) atoms. The molecule has 0 radical (unpaired) electrons. The highest BCUT2D eigenvalue weighted by Gasteiger charge is 2.09. The zero-order valence-corrected chi connectivity index (χ0v) is 12.6. The lowest BCUT2D eigenvalue weighted by atomic mass is 10.2. The summed E-state index contributed by atoms with van der Waals surface area (Å²) in [5.74, 6) is -1.20. The smallest absolute Gasteiger partial charge is 0.251 e. The molecule has 6 heteroatoms. The average Bonchev–Trinajstić information content (AvgIpc) is 2.54. The highest BCUT2D eigenvalue weighted by Crippen LogP contribution is 2.19. The summed E-state index contributed by atoms with van der Waals surface area (Å²) in [6.45, 7) is 2.93. The number of amides is 1. The lowest BCUT2D eigenvalue weighted by Crippen LogP contribution is -2.28. The lowest BCUT2D eigenvalue weighted by molar-refractivity contribution is 0.0946. The Morgan fingerprint density at radius 3 is 2.48 bits per heavy atom. The Morgan fingerprint density at radius 2 is 1.78 bits per heavy atom. The molecule has 0 heterocycles. The maximum Gasteiger partial charge on any atom is 0.251 e. The van der Waals surface area contributed by atoms with Crippen LogP contribution in [0.2, 0.25) is 0 Å². The van der Waals surface area contributed by atoms with E-state index in [9.17, 15) is 13.6 Å². The molecular weight excluding hydrogens is 304 g/mol. The van der Waals surface area contributed by atoms with Gasteiger partial charge in [-0.2, -0.15) is 0 Å². The maximum atomic E-state index is 13.1. The Labute approximate surface area is 133 Å². The first-order valence-corrected chi connectivity index (χ1v) is 7.19. The quantitative estimate of drug-likeness (QED) is 0.797. The highest BCUT2D eigenvalue weighted by molar-refractivity contribution is 5.94. The molecule has 1 N–H and O–H groups in total. The second-order valence-electron chi connectivity index (χ2n) is 4.64. The third-order valence-corrected chi connectivity index (χ3v) is 2.95. The Balaban J connectivity index is 1.79. The molecule has 1 amide bonds. The van der Waals surface area contributed by atoms with Crippen molar-refractivity contribution in [2.24, 2.45) is 0 Å². The standard InChI is InChI=1S/C17H17F2NO3/c1-2-22-13-4-3-5-14(11-13)23-9-8-20-17(21)12-6-7-15(18)16(19)10-12/h3-7,10-11H,2,8-9H2,1H3,(H,20,21). The van der Waals surface area contributed by atoms with E-state index in [2.05, 4.69) is 5.32 Å². The molecule has 0 aromatic heterocycles. The molecule has 0 bridgehead atoms. The molecule has 0 spiro atoms. The first kappa shape index (κ1) is 16.7. The van der Waals surface area contributed by atoms with E-state index >= 15 is 0 Å². The summed E-state index contributed by atoms with van der Waals surface area (Å²) in [6.07, 6.45) is 0. The summed E-state index contributed by atoms with van der Waals surface area (Å²) in [5.41, 5.74) is 0.0576. The van der Waals surface area contributed by atoms with Crippen LogP contribution in [0.1, 0.15) is 17.3 Å². The first-order valence-electron chi connectivity index (χ1n) is 7.19. The van der Waals surface area contributed by atoms with Crippen molar-refractivity contribution in [3.05, 3.63) is 59.7 Å². The van der Waals surface area contributed by atoms with Gasteiger partial charge in [0.2, 0.25) is 0 Å². The minimum atomic E-state index is -1.05. The number of halogens is 2. The third-order valence-electron chi connectivity index (χ3n) is 2.95. The predicted molar refractivity (Wildman–Crippen MR) is 81.8 cm³/mol. The number of ether oxygens (including phenoxy) is 2. The molecule has 122 valence electrons. The number of carbonyl (C=O) groups excluding carboxylic acids is 1. The van der Waals surface area contributed by atoms with Crippen LogP contribution in [0.15, 0.2) is 42.5 Å². The molecule has 0 fully saturated rings. The van der Waals surface area contributed by atoms with Gasteiger partial charge in [0.25, 0.3) is 5.91 Å². The van der Waals surface area contributed by atoms with Gasteiger partial charge >= 0.3 is 0 Å². The Kier molecular flexibility index (Phi) is 5.91. The van der Waals surface area contributed by atoms with Crippen LogP contribution in [-0.4, -0.2) is 25.7 Å². The molecule has 0 aliphatic carbocycles. The van der Waals surface area contributed by atoms with Crippen LogP contribution in [0, 0.1) is 11.6 Å². The number of rotatable bonds is 7. The number of nitrogens with one attached hydrogen (secondary N) is 1. The zero-order chi connectivity index (χ0) is 16.7. The highest BCUT2D eigenvalue weighted by atomic mass is 19.2.